The monoisotopic (exact) mass is 713 g/mol. The van der Waals surface area contributed by atoms with Crippen LogP contribution in [-0.4, -0.2) is 15.0 Å². The van der Waals surface area contributed by atoms with E-state index in [2.05, 4.69) is 176 Å². The van der Waals surface area contributed by atoms with E-state index in [0.29, 0.717) is 5.82 Å². The summed E-state index contributed by atoms with van der Waals surface area (Å²) in [5, 5.41) is 3.55. The van der Waals surface area contributed by atoms with Crippen molar-refractivity contribution in [3.8, 4) is 78.5 Å². The first-order chi connectivity index (χ1) is 27.7. The normalized spacial score (nSPS) is 11.2. The van der Waals surface area contributed by atoms with Crippen molar-refractivity contribution in [2.45, 2.75) is 0 Å². The molecular formula is C53H35N3. The maximum absolute atomic E-state index is 5.43. The summed E-state index contributed by atoms with van der Waals surface area (Å²) in [4.78, 5) is 15.5. The summed E-state index contributed by atoms with van der Waals surface area (Å²) >= 11 is 0. The molecule has 0 bridgehead atoms. The maximum atomic E-state index is 5.43. The Bertz CT molecular complexity index is 2920. The number of pyridine rings is 1. The van der Waals surface area contributed by atoms with Gasteiger partial charge in [-0.15, -0.1) is 0 Å². The number of fused-ring (bicyclic) bond motifs is 3. The van der Waals surface area contributed by atoms with Gasteiger partial charge in [0.1, 0.15) is 0 Å². The van der Waals surface area contributed by atoms with Crippen molar-refractivity contribution in [3.05, 3.63) is 212 Å². The number of aromatic nitrogens is 3. The Morgan fingerprint density at radius 3 is 1.41 bits per heavy atom. The molecule has 0 atom stereocenters. The SMILES string of the molecule is c1ccc(-c2cc(-c3cccc(-c4ccc(-c5cc6ccccc6c6c(-c7ccccc7)cc(-c7ccccc7)nc56)cc4)c3)nc(-c3ccccc3)n2)cc1. The fraction of sp³-hybridized carbons (Fsp3) is 0. The zero-order valence-electron chi connectivity index (χ0n) is 30.5. The first-order valence-electron chi connectivity index (χ1n) is 18.9. The molecule has 2 heterocycles. The number of hydrogen-bond donors (Lipinski definition) is 0. The van der Waals surface area contributed by atoms with Crippen LogP contribution in [-0.2, 0) is 0 Å². The highest BCUT2D eigenvalue weighted by molar-refractivity contribution is 6.18. The van der Waals surface area contributed by atoms with E-state index < -0.39 is 0 Å². The van der Waals surface area contributed by atoms with Gasteiger partial charge in [0.15, 0.2) is 5.82 Å². The maximum Gasteiger partial charge on any atom is 0.160 e. The van der Waals surface area contributed by atoms with Crippen LogP contribution in [0.4, 0.5) is 0 Å². The largest absolute Gasteiger partial charge is 0.247 e. The van der Waals surface area contributed by atoms with Gasteiger partial charge in [-0.25, -0.2) is 15.0 Å². The van der Waals surface area contributed by atoms with Crippen LogP contribution in [0.5, 0.6) is 0 Å². The van der Waals surface area contributed by atoms with Gasteiger partial charge < -0.3 is 0 Å². The molecule has 0 saturated carbocycles. The molecule has 0 spiro atoms. The van der Waals surface area contributed by atoms with Crippen molar-refractivity contribution in [3.63, 3.8) is 0 Å². The van der Waals surface area contributed by atoms with Crippen molar-refractivity contribution < 1.29 is 0 Å². The Balaban J connectivity index is 1.09. The fourth-order valence-electron chi connectivity index (χ4n) is 7.68. The lowest BCUT2D eigenvalue weighted by atomic mass is 9.90. The molecule has 3 nitrogen and oxygen atoms in total. The highest BCUT2D eigenvalue weighted by atomic mass is 14.9. The summed E-state index contributed by atoms with van der Waals surface area (Å²) in [7, 11) is 0. The van der Waals surface area contributed by atoms with Gasteiger partial charge in [0.2, 0.25) is 0 Å². The fourth-order valence-corrected chi connectivity index (χ4v) is 7.68. The van der Waals surface area contributed by atoms with Crippen LogP contribution < -0.4 is 0 Å². The van der Waals surface area contributed by atoms with Crippen molar-refractivity contribution >= 4 is 21.7 Å². The molecule has 0 fully saturated rings. The van der Waals surface area contributed by atoms with E-state index in [0.717, 1.165) is 72.5 Å². The van der Waals surface area contributed by atoms with Crippen LogP contribution in [0.25, 0.3) is 100 Å². The Kier molecular flexibility index (Phi) is 8.51. The lowest BCUT2D eigenvalue weighted by molar-refractivity contribution is 1.18. The molecule has 2 aromatic heterocycles. The molecule has 0 amide bonds. The van der Waals surface area contributed by atoms with Crippen LogP contribution in [0.3, 0.4) is 0 Å². The van der Waals surface area contributed by atoms with E-state index in [9.17, 15) is 0 Å². The van der Waals surface area contributed by atoms with E-state index in [-0.39, 0.29) is 0 Å². The quantitative estimate of drug-likeness (QED) is 0.154. The zero-order valence-corrected chi connectivity index (χ0v) is 30.5. The first-order valence-corrected chi connectivity index (χ1v) is 18.9. The van der Waals surface area contributed by atoms with E-state index in [1.165, 1.54) is 21.9 Å². The van der Waals surface area contributed by atoms with Gasteiger partial charge in [0.05, 0.1) is 22.6 Å². The number of benzene rings is 8. The molecule has 0 radical (unpaired) electrons. The number of hydrogen-bond acceptors (Lipinski definition) is 3. The Hall–Kier alpha value is -7.49. The molecule has 0 aliphatic rings. The molecule has 3 heteroatoms. The molecule has 10 rings (SSSR count). The van der Waals surface area contributed by atoms with Crippen molar-refractivity contribution in [2.75, 3.05) is 0 Å². The van der Waals surface area contributed by atoms with Crippen LogP contribution in [0.15, 0.2) is 212 Å². The molecule has 8 aromatic carbocycles. The molecule has 262 valence electrons. The van der Waals surface area contributed by atoms with Gasteiger partial charge in [0.25, 0.3) is 0 Å². The third-order valence-electron chi connectivity index (χ3n) is 10.5. The van der Waals surface area contributed by atoms with Gasteiger partial charge in [-0.2, -0.15) is 0 Å². The Morgan fingerprint density at radius 1 is 0.268 bits per heavy atom. The van der Waals surface area contributed by atoms with Crippen LogP contribution in [0, 0.1) is 0 Å². The van der Waals surface area contributed by atoms with Gasteiger partial charge in [-0.05, 0) is 62.9 Å². The van der Waals surface area contributed by atoms with E-state index in [4.69, 9.17) is 15.0 Å². The summed E-state index contributed by atoms with van der Waals surface area (Å²) < 4.78 is 0. The highest BCUT2D eigenvalue weighted by Gasteiger charge is 2.18. The van der Waals surface area contributed by atoms with Crippen LogP contribution >= 0.6 is 0 Å². The van der Waals surface area contributed by atoms with Gasteiger partial charge in [-0.3, -0.25) is 0 Å². The lowest BCUT2D eigenvalue weighted by Gasteiger charge is -2.17. The second-order valence-electron chi connectivity index (χ2n) is 14.0. The topological polar surface area (TPSA) is 38.7 Å². The third kappa shape index (κ3) is 6.31. The molecule has 0 N–H and O–H groups in total. The predicted molar refractivity (Wildman–Crippen MR) is 233 cm³/mol. The van der Waals surface area contributed by atoms with Gasteiger partial charge >= 0.3 is 0 Å². The predicted octanol–water partition coefficient (Wildman–Crippen LogP) is 13.8. The molecular weight excluding hydrogens is 679 g/mol. The number of rotatable bonds is 7. The van der Waals surface area contributed by atoms with Crippen LogP contribution in [0.1, 0.15) is 0 Å². The Labute approximate surface area is 326 Å². The van der Waals surface area contributed by atoms with E-state index >= 15 is 0 Å². The summed E-state index contributed by atoms with van der Waals surface area (Å²) in [5.74, 6) is 0.707. The lowest BCUT2D eigenvalue weighted by Crippen LogP contribution is -1.96. The molecule has 0 aliphatic heterocycles. The minimum Gasteiger partial charge on any atom is -0.247 e. The van der Waals surface area contributed by atoms with Crippen molar-refractivity contribution in [1.29, 1.82) is 0 Å². The molecule has 0 saturated heterocycles. The van der Waals surface area contributed by atoms with E-state index in [1.807, 2.05) is 36.4 Å². The molecule has 0 unspecified atom stereocenters. The first kappa shape index (κ1) is 33.1. The summed E-state index contributed by atoms with van der Waals surface area (Å²) in [6.07, 6.45) is 0. The highest BCUT2D eigenvalue weighted by Crippen LogP contribution is 2.42. The standard InChI is InChI=1S/C53H35N3/c1-5-16-37(17-6-1)46-34-48(39-18-7-2-8-19-39)54-52-47(33-43-24-13-14-27-45(43)51(46)52)38-30-28-36(29-31-38)42-25-15-26-44(32-42)50-35-49(40-20-9-3-10-21-40)55-53(56-50)41-22-11-4-12-23-41/h1-35H. The summed E-state index contributed by atoms with van der Waals surface area (Å²) in [5.41, 5.74) is 14.7. The Morgan fingerprint density at radius 2 is 0.750 bits per heavy atom. The second-order valence-corrected chi connectivity index (χ2v) is 14.0. The van der Waals surface area contributed by atoms with Crippen molar-refractivity contribution in [1.82, 2.24) is 15.0 Å². The number of nitrogens with zero attached hydrogens (tertiary/aromatic N) is 3. The summed E-state index contributed by atoms with van der Waals surface area (Å²) in [6.45, 7) is 0. The third-order valence-corrected chi connectivity index (χ3v) is 10.5. The minimum atomic E-state index is 0.707. The average molecular weight is 714 g/mol. The second kappa shape index (κ2) is 14.4. The van der Waals surface area contributed by atoms with Gasteiger partial charge in [0, 0.05) is 33.2 Å². The smallest absolute Gasteiger partial charge is 0.160 e. The van der Waals surface area contributed by atoms with E-state index in [1.54, 1.807) is 0 Å². The average Bonchev–Trinajstić information content (AvgIpc) is 3.29. The van der Waals surface area contributed by atoms with Crippen LogP contribution in [0.2, 0.25) is 0 Å². The van der Waals surface area contributed by atoms with Crippen molar-refractivity contribution in [2.24, 2.45) is 0 Å². The zero-order chi connectivity index (χ0) is 37.3. The minimum absolute atomic E-state index is 0.707. The van der Waals surface area contributed by atoms with Gasteiger partial charge in [-0.1, -0.05) is 188 Å². The molecule has 10 aromatic rings. The molecule has 56 heavy (non-hydrogen) atoms. The molecule has 0 aliphatic carbocycles. The summed E-state index contributed by atoms with van der Waals surface area (Å²) in [6, 6.07) is 74.5.